The summed E-state index contributed by atoms with van der Waals surface area (Å²) >= 11 is 0. The van der Waals surface area contributed by atoms with E-state index >= 15 is 0 Å². The van der Waals surface area contributed by atoms with Crippen molar-refractivity contribution in [3.8, 4) is 0 Å². The second-order valence-electron chi connectivity index (χ2n) is 0.412. The minimum Gasteiger partial charge on any atom is -1.00 e. The molecule has 0 aromatic rings. The van der Waals surface area contributed by atoms with Gasteiger partial charge in [0.15, 0.2) is 0 Å². The predicted molar refractivity (Wildman–Crippen MR) is 12.7 cm³/mol. The van der Waals surface area contributed by atoms with Crippen LogP contribution in [0.4, 0.5) is 3.89 Å². The molecule has 0 spiro atoms. The second-order valence-corrected chi connectivity index (χ2v) is 1.24. The van der Waals surface area contributed by atoms with Crippen molar-refractivity contribution < 1.29 is 62.8 Å². The van der Waals surface area contributed by atoms with Crippen LogP contribution in [0.2, 0.25) is 0 Å². The Kier molecular flexibility index (Phi) is 134. The van der Waals surface area contributed by atoms with E-state index in [1.54, 1.807) is 0 Å². The van der Waals surface area contributed by atoms with Crippen molar-refractivity contribution in [2.75, 3.05) is 0 Å². The van der Waals surface area contributed by atoms with Gasteiger partial charge in [0.1, 0.15) is 0 Å². The molecule has 0 radical (unpaired) electrons. The van der Waals surface area contributed by atoms with Gasteiger partial charge < -0.3 is 23.5 Å². The minimum atomic E-state index is -5.17. The summed E-state index contributed by atoms with van der Waals surface area (Å²) in [5.41, 5.74) is 0. The van der Waals surface area contributed by atoms with Crippen molar-refractivity contribution in [2.24, 2.45) is 0 Å². The molecular formula is HF6NbO3S. The fourth-order valence-corrected chi connectivity index (χ4v) is 0. The van der Waals surface area contributed by atoms with E-state index < -0.39 is 10.5 Å². The Hall–Kier alpha value is 0.230. The molecule has 0 amide bonds. The van der Waals surface area contributed by atoms with Crippen molar-refractivity contribution in [3.05, 3.63) is 0 Å². The molecule has 0 heterocycles. The number of hydrogen-bond donors (Lipinski definition) is 1. The summed E-state index contributed by atoms with van der Waals surface area (Å²) in [5, 5.41) is 0. The van der Waals surface area contributed by atoms with Gasteiger partial charge in [0, 0.05) is 0 Å². The van der Waals surface area contributed by atoms with Gasteiger partial charge in [0.05, 0.1) is 0 Å². The van der Waals surface area contributed by atoms with Crippen molar-refractivity contribution in [3.63, 3.8) is 0 Å². The molecule has 0 aromatic carbocycles. The Morgan fingerprint density at radius 2 is 0.909 bits per heavy atom. The van der Waals surface area contributed by atoms with Gasteiger partial charge in [-0.2, -0.15) is 8.42 Å². The van der Waals surface area contributed by atoms with E-state index in [1.165, 1.54) is 0 Å². The van der Waals surface area contributed by atoms with Gasteiger partial charge in [-0.15, -0.1) is 0 Å². The molecule has 0 aliphatic heterocycles. The zero-order valence-corrected chi connectivity index (χ0v) is 7.40. The summed E-state index contributed by atoms with van der Waals surface area (Å²) in [4.78, 5) is 0. The Bertz CT molecular complexity index is 101. The van der Waals surface area contributed by atoms with Gasteiger partial charge in [0.2, 0.25) is 0 Å². The first-order valence-electron chi connectivity index (χ1n) is 0.670. The first kappa shape index (κ1) is 65.7. The molecule has 0 aliphatic rings. The molecule has 0 saturated carbocycles. The van der Waals surface area contributed by atoms with Gasteiger partial charge in [-0.3, -0.25) is 4.55 Å². The Morgan fingerprint density at radius 3 is 0.909 bits per heavy atom. The number of halogens is 6. The molecule has 0 aliphatic carbocycles. The molecule has 0 fully saturated rings. The molecule has 0 unspecified atom stereocenters. The largest absolute Gasteiger partial charge is 5.00 e. The maximum Gasteiger partial charge on any atom is 5.00 e. The van der Waals surface area contributed by atoms with Crippen LogP contribution in [0.5, 0.6) is 0 Å². The number of hydrogen-bond acceptors (Lipinski definition) is 2. The summed E-state index contributed by atoms with van der Waals surface area (Å²) < 4.78 is 34.1. The van der Waals surface area contributed by atoms with Crippen LogP contribution in [0.3, 0.4) is 0 Å². The molecule has 3 nitrogen and oxygen atoms in total. The van der Waals surface area contributed by atoms with E-state index in [2.05, 4.69) is 0 Å². The van der Waals surface area contributed by atoms with E-state index in [9.17, 15) is 3.89 Å². The zero-order chi connectivity index (χ0) is 4.50. The van der Waals surface area contributed by atoms with Crippen molar-refractivity contribution >= 4 is 10.5 Å². The number of rotatable bonds is 0. The maximum atomic E-state index is 10.2. The van der Waals surface area contributed by atoms with Crippen molar-refractivity contribution in [1.29, 1.82) is 0 Å². The van der Waals surface area contributed by atoms with Crippen LogP contribution in [0.25, 0.3) is 0 Å². The topological polar surface area (TPSA) is 54.4 Å². The van der Waals surface area contributed by atoms with Crippen LogP contribution in [-0.4, -0.2) is 13.0 Å². The molecule has 0 saturated heterocycles. The molecule has 0 atom stereocenters. The SMILES string of the molecule is O=S(=O)(O)F.[F-].[F-].[F-].[F-].[F-].[Nb+5]. The van der Waals surface area contributed by atoms with Gasteiger partial charge in [-0.25, -0.2) is 0 Å². The van der Waals surface area contributed by atoms with Crippen molar-refractivity contribution in [2.45, 2.75) is 0 Å². The van der Waals surface area contributed by atoms with E-state index in [0.717, 1.165) is 0 Å². The van der Waals surface area contributed by atoms with E-state index in [-0.39, 0.29) is 45.9 Å². The molecule has 0 rings (SSSR count). The van der Waals surface area contributed by atoms with Gasteiger partial charge >= 0.3 is 32.9 Å². The Morgan fingerprint density at radius 1 is 0.909 bits per heavy atom. The summed E-state index contributed by atoms with van der Waals surface area (Å²) in [5.74, 6) is 0. The molecular weight excluding hydrogens is 287 g/mol. The Balaban J connectivity index is -0.00000000533. The molecule has 11 heavy (non-hydrogen) atoms. The van der Waals surface area contributed by atoms with E-state index in [0.29, 0.717) is 0 Å². The van der Waals surface area contributed by atoms with Gasteiger partial charge in [0.25, 0.3) is 0 Å². The third-order valence-electron chi connectivity index (χ3n) is 0. The standard InChI is InChI=1S/FHO3S.5FH.Nb/c1-5(2,3)4;;;;;;/h(H,2,3,4);5*1H;/q;;;;;;+5/p-5. The molecule has 0 aromatic heterocycles. The van der Waals surface area contributed by atoms with Crippen molar-refractivity contribution in [1.82, 2.24) is 0 Å². The van der Waals surface area contributed by atoms with E-state index in [4.69, 9.17) is 13.0 Å². The molecule has 72 valence electrons. The molecule has 0 bridgehead atoms. The zero-order valence-electron chi connectivity index (χ0n) is 4.39. The Labute approximate surface area is 73.7 Å². The maximum absolute atomic E-state index is 10.2. The van der Waals surface area contributed by atoms with E-state index in [1.807, 2.05) is 0 Å². The molecule has 1 N–H and O–H groups in total. The summed E-state index contributed by atoms with van der Waals surface area (Å²) in [6, 6.07) is 0. The monoisotopic (exact) mass is 288 g/mol. The van der Waals surface area contributed by atoms with Crippen LogP contribution in [0, 0.1) is 0 Å². The third-order valence-corrected chi connectivity index (χ3v) is 0. The second kappa shape index (κ2) is 22.5. The summed E-state index contributed by atoms with van der Waals surface area (Å²) in [6.07, 6.45) is 0. The predicted octanol–water partition coefficient (Wildman–Crippen LogP) is -15.2. The fourth-order valence-electron chi connectivity index (χ4n) is 0. The van der Waals surface area contributed by atoms with Crippen LogP contribution in [0.15, 0.2) is 0 Å². The smallest absolute Gasteiger partial charge is 1.00 e. The first-order chi connectivity index (χ1) is 2.00. The molecule has 11 heteroatoms. The normalized spacial score (nSPS) is 5.27. The van der Waals surface area contributed by atoms with Crippen LogP contribution in [-0.2, 0) is 32.9 Å². The van der Waals surface area contributed by atoms with Crippen LogP contribution < -0.4 is 23.5 Å². The van der Waals surface area contributed by atoms with Gasteiger partial charge in [-0.1, -0.05) is 3.89 Å². The van der Waals surface area contributed by atoms with Crippen LogP contribution >= 0.6 is 0 Å². The minimum absolute atomic E-state index is 0. The summed E-state index contributed by atoms with van der Waals surface area (Å²) in [7, 11) is -5.17. The van der Waals surface area contributed by atoms with Crippen LogP contribution in [0.1, 0.15) is 0 Å². The third kappa shape index (κ3) is 13100. The summed E-state index contributed by atoms with van der Waals surface area (Å²) in [6.45, 7) is 0. The average molecular weight is 288 g/mol. The first-order valence-corrected chi connectivity index (χ1v) is 2.01. The quantitative estimate of drug-likeness (QED) is 0.208. The average Bonchev–Trinajstić information content (AvgIpc) is 0.722. The van der Waals surface area contributed by atoms with Gasteiger partial charge in [-0.05, 0) is 0 Å². The fraction of sp³-hybridized carbons (Fsp3) is 0.